The minimum absolute atomic E-state index is 0.107. The van der Waals surface area contributed by atoms with Crippen LogP contribution in [0, 0.1) is 0 Å². The number of rotatable bonds is 4. The number of fused-ring (bicyclic) bond motifs is 1. The van der Waals surface area contributed by atoms with Crippen molar-refractivity contribution >= 4 is 28.7 Å². The molecule has 4 aromatic heterocycles. The molecule has 0 bridgehead atoms. The molecule has 4 aromatic rings. The van der Waals surface area contributed by atoms with Crippen LogP contribution in [0.1, 0.15) is 5.69 Å². The minimum atomic E-state index is -0.107. The van der Waals surface area contributed by atoms with Gasteiger partial charge < -0.3 is 5.84 Å². The van der Waals surface area contributed by atoms with E-state index in [-0.39, 0.29) is 5.56 Å². The van der Waals surface area contributed by atoms with E-state index in [4.69, 9.17) is 5.84 Å². The highest BCUT2D eigenvalue weighted by Gasteiger charge is 2.13. The lowest BCUT2D eigenvalue weighted by molar-refractivity contribution is 0.849. The monoisotopic (exact) mass is 356 g/mol. The van der Waals surface area contributed by atoms with Gasteiger partial charge in [0.1, 0.15) is 5.65 Å². The second kappa shape index (κ2) is 6.10. The molecule has 4 rings (SSSR count). The first-order valence-electron chi connectivity index (χ1n) is 7.07. The van der Waals surface area contributed by atoms with Gasteiger partial charge in [-0.05, 0) is 23.6 Å². The summed E-state index contributed by atoms with van der Waals surface area (Å²) in [5.41, 5.74) is 1.19. The maximum atomic E-state index is 12.1. The van der Waals surface area contributed by atoms with E-state index in [1.54, 1.807) is 29.7 Å². The fourth-order valence-electron chi connectivity index (χ4n) is 2.26. The van der Waals surface area contributed by atoms with Crippen molar-refractivity contribution in [2.24, 2.45) is 0 Å². The van der Waals surface area contributed by atoms with Crippen LogP contribution in [0.4, 0.5) is 0 Å². The van der Waals surface area contributed by atoms with Crippen molar-refractivity contribution in [2.75, 3.05) is 5.84 Å². The first kappa shape index (κ1) is 14.9. The quantitative estimate of drug-likeness (QED) is 0.444. The van der Waals surface area contributed by atoms with Gasteiger partial charge in [0.05, 0.1) is 10.6 Å². The molecular formula is C15H12N6OS2. The van der Waals surface area contributed by atoms with Crippen LogP contribution >= 0.6 is 23.1 Å². The molecule has 0 saturated carbocycles. The molecule has 0 aliphatic carbocycles. The van der Waals surface area contributed by atoms with Gasteiger partial charge in [-0.25, -0.2) is 9.66 Å². The highest BCUT2D eigenvalue weighted by Crippen LogP contribution is 2.26. The Labute approximate surface area is 144 Å². The summed E-state index contributed by atoms with van der Waals surface area (Å²) in [5, 5.41) is 10.8. The highest BCUT2D eigenvalue weighted by atomic mass is 32.2. The molecule has 0 amide bonds. The lowest BCUT2D eigenvalue weighted by Crippen LogP contribution is -2.15. The predicted octanol–water partition coefficient (Wildman–Crippen LogP) is 2.02. The Hall–Kier alpha value is -2.65. The number of thiophene rings is 1. The van der Waals surface area contributed by atoms with Gasteiger partial charge in [-0.3, -0.25) is 9.20 Å². The molecule has 0 saturated heterocycles. The average molecular weight is 356 g/mol. The summed E-state index contributed by atoms with van der Waals surface area (Å²) in [6.45, 7) is 0. The van der Waals surface area contributed by atoms with Gasteiger partial charge in [0.15, 0.2) is 5.82 Å². The van der Waals surface area contributed by atoms with Crippen molar-refractivity contribution in [1.29, 1.82) is 0 Å². The van der Waals surface area contributed by atoms with E-state index in [1.807, 2.05) is 23.6 Å². The summed E-state index contributed by atoms with van der Waals surface area (Å²) in [6.07, 6.45) is 1.70. The second-order valence-electron chi connectivity index (χ2n) is 4.96. The molecule has 0 aromatic carbocycles. The Morgan fingerprint density at radius 1 is 1.21 bits per heavy atom. The number of nitrogen functional groups attached to an aromatic ring is 1. The molecular weight excluding hydrogens is 344 g/mol. The van der Waals surface area contributed by atoms with Crippen molar-refractivity contribution < 1.29 is 0 Å². The number of nitrogens with two attached hydrogens (primary N) is 1. The lowest BCUT2D eigenvalue weighted by Gasteiger charge is -2.04. The molecule has 7 nitrogen and oxygen atoms in total. The van der Waals surface area contributed by atoms with E-state index in [0.717, 1.165) is 4.88 Å². The first-order valence-corrected chi connectivity index (χ1v) is 8.93. The Bertz CT molecular complexity index is 1050. The number of pyridine rings is 1. The van der Waals surface area contributed by atoms with Crippen LogP contribution in [0.2, 0.25) is 0 Å². The van der Waals surface area contributed by atoms with Crippen LogP contribution in [0.15, 0.2) is 57.9 Å². The minimum Gasteiger partial charge on any atom is -0.335 e. The van der Waals surface area contributed by atoms with E-state index in [2.05, 4.69) is 15.2 Å². The summed E-state index contributed by atoms with van der Waals surface area (Å²) in [6, 6.07) is 10.9. The Balaban J connectivity index is 1.59. The highest BCUT2D eigenvalue weighted by molar-refractivity contribution is 7.98. The maximum absolute atomic E-state index is 12.1. The molecule has 0 unspecified atom stereocenters. The summed E-state index contributed by atoms with van der Waals surface area (Å²) >= 11 is 2.95. The van der Waals surface area contributed by atoms with Crippen molar-refractivity contribution in [1.82, 2.24) is 24.3 Å². The third kappa shape index (κ3) is 2.68. The first-order chi connectivity index (χ1) is 11.7. The zero-order valence-electron chi connectivity index (χ0n) is 12.4. The summed E-state index contributed by atoms with van der Waals surface area (Å²) in [7, 11) is 0. The molecule has 0 spiro atoms. The summed E-state index contributed by atoms with van der Waals surface area (Å²) in [5.74, 6) is 7.18. The molecule has 0 radical (unpaired) electrons. The fraction of sp³-hybridized carbons (Fsp3) is 0.0667. The van der Waals surface area contributed by atoms with E-state index in [0.29, 0.717) is 28.1 Å². The van der Waals surface area contributed by atoms with Crippen LogP contribution in [-0.2, 0) is 5.75 Å². The third-order valence-corrected chi connectivity index (χ3v) is 5.22. The lowest BCUT2D eigenvalue weighted by atomic mass is 10.4. The van der Waals surface area contributed by atoms with Gasteiger partial charge in [-0.15, -0.1) is 21.5 Å². The second-order valence-corrected chi connectivity index (χ2v) is 6.85. The Morgan fingerprint density at radius 3 is 2.96 bits per heavy atom. The van der Waals surface area contributed by atoms with E-state index in [9.17, 15) is 4.79 Å². The fourth-order valence-corrected chi connectivity index (χ4v) is 3.72. The summed E-state index contributed by atoms with van der Waals surface area (Å²) < 4.78 is 2.97. The maximum Gasteiger partial charge on any atom is 0.258 e. The largest absolute Gasteiger partial charge is 0.335 e. The standard InChI is InChI=1S/C15H12N6OS2/c16-21-14(11-4-3-7-23-11)18-19-15(21)24-9-10-8-13(22)20-6-2-1-5-12(20)17-10/h1-8H,9,16H2. The number of hydrogen-bond donors (Lipinski definition) is 1. The molecule has 9 heteroatoms. The number of hydrogen-bond acceptors (Lipinski definition) is 7. The number of aromatic nitrogens is 5. The third-order valence-electron chi connectivity index (χ3n) is 3.38. The van der Waals surface area contributed by atoms with E-state index < -0.39 is 0 Å². The number of nitrogens with zero attached hydrogens (tertiary/aromatic N) is 5. The number of thioether (sulfide) groups is 1. The molecule has 0 atom stereocenters. The normalized spacial score (nSPS) is 11.2. The van der Waals surface area contributed by atoms with Gasteiger partial charge >= 0.3 is 0 Å². The predicted molar refractivity (Wildman–Crippen MR) is 94.5 cm³/mol. The van der Waals surface area contributed by atoms with Gasteiger partial charge in [-0.1, -0.05) is 23.9 Å². The van der Waals surface area contributed by atoms with Crippen molar-refractivity contribution in [2.45, 2.75) is 10.9 Å². The smallest absolute Gasteiger partial charge is 0.258 e. The Morgan fingerprint density at radius 2 is 2.12 bits per heavy atom. The van der Waals surface area contributed by atoms with Gasteiger partial charge in [0.2, 0.25) is 5.16 Å². The average Bonchev–Trinajstić information content (AvgIpc) is 3.23. The van der Waals surface area contributed by atoms with Crippen molar-refractivity contribution in [3.63, 3.8) is 0 Å². The van der Waals surface area contributed by atoms with Crippen LogP contribution in [0.3, 0.4) is 0 Å². The molecule has 120 valence electrons. The van der Waals surface area contributed by atoms with Gasteiger partial charge in [0, 0.05) is 18.0 Å². The van der Waals surface area contributed by atoms with Gasteiger partial charge in [0.25, 0.3) is 5.56 Å². The molecule has 0 aliphatic heterocycles. The van der Waals surface area contributed by atoms with Crippen LogP contribution in [-0.4, -0.2) is 24.3 Å². The van der Waals surface area contributed by atoms with E-state index in [1.165, 1.54) is 26.9 Å². The van der Waals surface area contributed by atoms with Crippen molar-refractivity contribution in [3.05, 3.63) is 64.0 Å². The zero-order valence-corrected chi connectivity index (χ0v) is 14.0. The van der Waals surface area contributed by atoms with Crippen LogP contribution in [0.5, 0.6) is 0 Å². The van der Waals surface area contributed by atoms with Crippen molar-refractivity contribution in [3.8, 4) is 10.7 Å². The SMILES string of the molecule is Nn1c(SCc2cc(=O)n3ccccc3n2)nnc1-c1cccs1. The molecule has 24 heavy (non-hydrogen) atoms. The van der Waals surface area contributed by atoms with Crippen LogP contribution in [0.25, 0.3) is 16.3 Å². The zero-order chi connectivity index (χ0) is 16.5. The molecule has 4 heterocycles. The molecule has 2 N–H and O–H groups in total. The molecule has 0 aliphatic rings. The van der Waals surface area contributed by atoms with Crippen LogP contribution < -0.4 is 11.4 Å². The van der Waals surface area contributed by atoms with E-state index >= 15 is 0 Å². The summed E-state index contributed by atoms with van der Waals surface area (Å²) in [4.78, 5) is 17.5. The topological polar surface area (TPSA) is 91.1 Å². The Kier molecular flexibility index (Phi) is 3.79. The molecule has 0 fully saturated rings. The van der Waals surface area contributed by atoms with Gasteiger partial charge in [-0.2, -0.15) is 0 Å².